The van der Waals surface area contributed by atoms with Crippen LogP contribution in [0.3, 0.4) is 0 Å². The molecule has 6 aromatic rings. The van der Waals surface area contributed by atoms with Crippen molar-refractivity contribution in [1.82, 2.24) is 25.3 Å². The summed E-state index contributed by atoms with van der Waals surface area (Å²) in [6.07, 6.45) is 4.57. The first-order chi connectivity index (χ1) is 51.8. The third-order valence-corrected chi connectivity index (χ3v) is 19.5. The summed E-state index contributed by atoms with van der Waals surface area (Å²) in [5, 5.41) is 5.94. The van der Waals surface area contributed by atoms with Gasteiger partial charge in [0.05, 0.1) is 82.9 Å². The minimum Gasteiger partial charge on any atom is -0.493 e. The summed E-state index contributed by atoms with van der Waals surface area (Å²) in [6.45, 7) is 4.79. The van der Waals surface area contributed by atoms with Gasteiger partial charge in [0.15, 0.2) is 59.2 Å². The summed E-state index contributed by atoms with van der Waals surface area (Å²) in [7, 11) is 19.2. The Balaban J connectivity index is 0.906. The normalized spacial score (nSPS) is 15.6. The second kappa shape index (κ2) is 41.0. The number of ether oxygens (including phenoxy) is 14. The van der Waals surface area contributed by atoms with Gasteiger partial charge in [-0.2, -0.15) is 0 Å². The van der Waals surface area contributed by atoms with Gasteiger partial charge in [0.2, 0.25) is 23.3 Å². The highest BCUT2D eigenvalue weighted by atomic mass is 16.6. The van der Waals surface area contributed by atoms with Gasteiger partial charge in [-0.1, -0.05) is 50.2 Å². The molecule has 2 N–H and O–H groups in total. The van der Waals surface area contributed by atoms with Crippen LogP contribution < -0.4 is 67.5 Å². The molecule has 2 fully saturated rings. The molecule has 6 aromatic carbocycles. The number of likely N-dealkylation sites (tertiary alicyclic amines) is 2. The van der Waals surface area contributed by atoms with Crippen molar-refractivity contribution in [2.24, 2.45) is 5.92 Å². The van der Waals surface area contributed by atoms with Crippen LogP contribution in [-0.2, 0) is 51.1 Å². The van der Waals surface area contributed by atoms with Crippen molar-refractivity contribution in [3.63, 3.8) is 0 Å². The van der Waals surface area contributed by atoms with Crippen LogP contribution in [0.15, 0.2) is 109 Å². The van der Waals surface area contributed by atoms with E-state index in [4.69, 9.17) is 66.3 Å². The maximum Gasteiger partial charge on any atom is 0.329 e. The number of carbonyl (C=O) groups is 6. The molecule has 2 unspecified atom stereocenters. The fourth-order valence-electron chi connectivity index (χ4n) is 13.9. The number of benzene rings is 6. The first-order valence-electron chi connectivity index (χ1n) is 36.5. The van der Waals surface area contributed by atoms with Crippen LogP contribution in [-0.4, -0.2) is 193 Å². The number of hydrogen-bond donors (Lipinski definition) is 2. The van der Waals surface area contributed by atoms with Crippen molar-refractivity contribution < 1.29 is 95.1 Å². The summed E-state index contributed by atoms with van der Waals surface area (Å²) in [4.78, 5) is 91.4. The Morgan fingerprint density at radius 2 is 0.813 bits per heavy atom. The van der Waals surface area contributed by atoms with E-state index >= 15 is 0 Å². The van der Waals surface area contributed by atoms with E-state index in [0.29, 0.717) is 175 Å². The number of rotatable bonds is 40. The standard InChI is InChI=1S/C82H107N5O20/c1-15-61(57-43-71(98-9)77(102-13)72(44-57)99-10)79(90)86-37-19-17-27-63(86)81(92)106-65(33-29-52-31-35-67(94-5)69(39-52)96-7)55-23-21-25-59(41-55)104-50-75(88)83-47-54(49-85(3)4)48-84-76(89)51-105-60-26-22-24-56(42-60)66(34-30-53-32-36-68(95-6)70(40-53)97-8)107-82(93)64-28-18-20-38-87(64)80(91)62(16-2)58-45-73(100-11)78(103-14)74(46-58)101-12/h21-26,31-32,35-36,39-46,54,61-66H,15-20,27-30,33-34,37-38,47-51H2,1-14H3,(H,83,88)(H,84,89)/t54?,61-,62-,63-,64?,65+,66+/m0/s1. The SMILES string of the molecule is CC[C@H](C(=O)N1CCCCC1C(=O)O[C@H](CCc1ccc(OC)c(OC)c1)c1cccc(OCC(=O)NCC(CNC(=O)COc2cccc([C@@H](CCc3ccc(OC)c(OC)c3)OC(=O)[C@@H]3CCCCN3C(=O)[C@@H](CC)c3cc(OC)c(OC)c(OC)c3)c2)CN(C)C)c1)c1cc(OC)c(OC)c(OC)c1. The zero-order valence-electron chi connectivity index (χ0n) is 64.4. The number of hydrogen-bond acceptors (Lipinski definition) is 21. The summed E-state index contributed by atoms with van der Waals surface area (Å²) >= 11 is 0. The Labute approximate surface area is 628 Å². The number of nitrogens with zero attached hydrogens (tertiary/aromatic N) is 3. The molecule has 0 bridgehead atoms. The summed E-state index contributed by atoms with van der Waals surface area (Å²) in [5.74, 6) is 1.63. The first-order valence-corrected chi connectivity index (χ1v) is 36.5. The highest BCUT2D eigenvalue weighted by molar-refractivity contribution is 5.90. The number of amides is 4. The monoisotopic (exact) mass is 1480 g/mol. The van der Waals surface area contributed by atoms with Crippen LogP contribution in [0.5, 0.6) is 69.0 Å². The average Bonchev–Trinajstić information content (AvgIpc) is 0.795. The van der Waals surface area contributed by atoms with Gasteiger partial charge >= 0.3 is 11.9 Å². The van der Waals surface area contributed by atoms with Gasteiger partial charge in [0, 0.05) is 38.6 Å². The zero-order valence-corrected chi connectivity index (χ0v) is 64.4. The van der Waals surface area contributed by atoms with Crippen LogP contribution >= 0.6 is 0 Å². The lowest BCUT2D eigenvalue weighted by Gasteiger charge is -2.37. The first kappa shape index (κ1) is 82.4. The second-order valence-electron chi connectivity index (χ2n) is 26.7. The fourth-order valence-corrected chi connectivity index (χ4v) is 13.9. The van der Waals surface area contributed by atoms with E-state index < -0.39 is 59.9 Å². The number of aryl methyl sites for hydroxylation is 2. The number of methoxy groups -OCH3 is 10. The number of carbonyl (C=O) groups excluding carboxylic acids is 6. The Morgan fingerprint density at radius 1 is 0.439 bits per heavy atom. The lowest BCUT2D eigenvalue weighted by atomic mass is 9.91. The minimum absolute atomic E-state index is 0.197. The Bertz CT molecular complexity index is 3650. The van der Waals surface area contributed by atoms with E-state index in [0.717, 1.165) is 24.0 Å². The molecular weight excluding hydrogens is 1370 g/mol. The summed E-state index contributed by atoms with van der Waals surface area (Å²) in [5.41, 5.74) is 4.38. The molecule has 0 saturated carbocycles. The molecule has 25 heteroatoms. The van der Waals surface area contributed by atoms with Crippen molar-refractivity contribution >= 4 is 35.6 Å². The molecule has 2 heterocycles. The summed E-state index contributed by atoms with van der Waals surface area (Å²) < 4.78 is 81.2. The smallest absolute Gasteiger partial charge is 0.329 e. The summed E-state index contributed by atoms with van der Waals surface area (Å²) in [6, 6.07) is 30.8. The van der Waals surface area contributed by atoms with Crippen molar-refractivity contribution in [3.05, 3.63) is 143 Å². The fraction of sp³-hybridized carbons (Fsp3) is 0.488. The molecule has 0 radical (unpaired) electrons. The van der Waals surface area contributed by atoms with Crippen molar-refractivity contribution in [2.75, 3.05) is 131 Å². The molecule has 7 atom stereocenters. The highest BCUT2D eigenvalue weighted by Gasteiger charge is 2.40. The third kappa shape index (κ3) is 21.9. The van der Waals surface area contributed by atoms with Gasteiger partial charge in [0.1, 0.15) is 35.8 Å². The largest absolute Gasteiger partial charge is 0.493 e. The predicted molar refractivity (Wildman–Crippen MR) is 402 cm³/mol. The van der Waals surface area contributed by atoms with Crippen LogP contribution in [0.4, 0.5) is 0 Å². The van der Waals surface area contributed by atoms with E-state index in [-0.39, 0.29) is 44.0 Å². The number of piperidine rings is 2. The van der Waals surface area contributed by atoms with Gasteiger partial charge in [-0.05, 0) is 197 Å². The topological polar surface area (TPSA) is 265 Å². The lowest BCUT2D eigenvalue weighted by molar-refractivity contribution is -0.162. The van der Waals surface area contributed by atoms with Gasteiger partial charge in [-0.25, -0.2) is 9.59 Å². The van der Waals surface area contributed by atoms with Crippen molar-refractivity contribution in [3.8, 4) is 69.0 Å². The van der Waals surface area contributed by atoms with Gasteiger partial charge in [0.25, 0.3) is 11.8 Å². The highest BCUT2D eigenvalue weighted by Crippen LogP contribution is 2.44. The van der Waals surface area contributed by atoms with Crippen LogP contribution in [0.1, 0.15) is 135 Å². The molecule has 25 nitrogen and oxygen atoms in total. The molecule has 0 spiro atoms. The van der Waals surface area contributed by atoms with Gasteiger partial charge in [-0.15, -0.1) is 0 Å². The molecular formula is C82H107N5O20. The predicted octanol–water partition coefficient (Wildman–Crippen LogP) is 11.2. The Morgan fingerprint density at radius 3 is 1.15 bits per heavy atom. The molecule has 2 saturated heterocycles. The zero-order chi connectivity index (χ0) is 77.1. The quantitative estimate of drug-likeness (QED) is 0.0339. The van der Waals surface area contributed by atoms with E-state index in [1.54, 1.807) is 98.9 Å². The second-order valence-corrected chi connectivity index (χ2v) is 26.7. The minimum atomic E-state index is -0.860. The molecule has 0 aromatic heterocycles. The van der Waals surface area contributed by atoms with E-state index in [1.807, 2.05) is 81.4 Å². The maximum atomic E-state index is 14.7. The number of nitrogens with one attached hydrogen (secondary N) is 2. The van der Waals surface area contributed by atoms with Gasteiger partial charge in [-0.3, -0.25) is 19.2 Å². The lowest BCUT2D eigenvalue weighted by Crippen LogP contribution is -2.50. The van der Waals surface area contributed by atoms with E-state index in [2.05, 4.69) is 10.6 Å². The molecule has 0 aliphatic carbocycles. The molecule has 580 valence electrons. The van der Waals surface area contributed by atoms with E-state index in [9.17, 15) is 28.8 Å². The molecule has 8 rings (SSSR count). The van der Waals surface area contributed by atoms with Crippen LogP contribution in [0.2, 0.25) is 0 Å². The van der Waals surface area contributed by atoms with Crippen molar-refractivity contribution in [1.29, 1.82) is 0 Å². The molecule has 107 heavy (non-hydrogen) atoms. The third-order valence-electron chi connectivity index (χ3n) is 19.5. The Hall–Kier alpha value is -10.3. The molecule has 2 aliphatic heterocycles. The average molecular weight is 1480 g/mol. The van der Waals surface area contributed by atoms with Crippen LogP contribution in [0, 0.1) is 5.92 Å². The van der Waals surface area contributed by atoms with Crippen LogP contribution in [0.25, 0.3) is 0 Å². The van der Waals surface area contributed by atoms with Crippen molar-refractivity contribution in [2.45, 2.75) is 127 Å². The molecule has 4 amide bonds. The van der Waals surface area contributed by atoms with E-state index in [1.165, 1.54) is 42.7 Å². The van der Waals surface area contributed by atoms with Gasteiger partial charge < -0.3 is 91.6 Å². The molecule has 2 aliphatic rings. The number of esters is 2. The Kier molecular flexibility index (Phi) is 31.5. The maximum absolute atomic E-state index is 14.7.